The first-order valence-electron chi connectivity index (χ1n) is 5.73. The monoisotopic (exact) mass is 243 g/mol. The Balaban J connectivity index is 2.50. The largest absolute Gasteiger partial charge is 0.453 e. The number of amides is 2. The van der Waals surface area contributed by atoms with Gasteiger partial charge in [0.1, 0.15) is 0 Å². The molecule has 17 heavy (non-hydrogen) atoms. The standard InChI is InChI=1S/C11H21N3O3/c1-11(2,12-3)9(15)14-6-5-8(7-14)13-10(16)17-4/h8,12H,5-7H2,1-4H3,(H,13,16). The fourth-order valence-corrected chi connectivity index (χ4v) is 1.79. The van der Waals surface area contributed by atoms with Gasteiger partial charge in [-0.15, -0.1) is 0 Å². The van der Waals surface area contributed by atoms with Crippen LogP contribution < -0.4 is 10.6 Å². The normalized spacial score (nSPS) is 20.2. The summed E-state index contributed by atoms with van der Waals surface area (Å²) in [5, 5.41) is 5.69. The lowest BCUT2D eigenvalue weighted by atomic mass is 10.0. The molecule has 0 spiro atoms. The summed E-state index contributed by atoms with van der Waals surface area (Å²) in [5.74, 6) is 0.0502. The van der Waals surface area contributed by atoms with Crippen LogP contribution in [-0.4, -0.2) is 55.7 Å². The molecule has 0 aromatic carbocycles. The van der Waals surface area contributed by atoms with Crippen molar-refractivity contribution >= 4 is 12.0 Å². The lowest BCUT2D eigenvalue weighted by molar-refractivity contribution is -0.135. The van der Waals surface area contributed by atoms with E-state index in [0.29, 0.717) is 13.1 Å². The molecule has 1 fully saturated rings. The van der Waals surface area contributed by atoms with Gasteiger partial charge < -0.3 is 20.3 Å². The predicted octanol–water partition coefficient (Wildman–Crippen LogP) is -0.0587. The molecule has 0 aliphatic carbocycles. The minimum atomic E-state index is -0.569. The number of nitrogens with zero attached hydrogens (tertiary/aromatic N) is 1. The van der Waals surface area contributed by atoms with Crippen molar-refractivity contribution in [1.29, 1.82) is 0 Å². The van der Waals surface area contributed by atoms with Gasteiger partial charge in [-0.3, -0.25) is 4.79 Å². The van der Waals surface area contributed by atoms with Crippen molar-refractivity contribution in [2.24, 2.45) is 0 Å². The molecule has 6 nitrogen and oxygen atoms in total. The van der Waals surface area contributed by atoms with Crippen LogP contribution in [0, 0.1) is 0 Å². The third kappa shape index (κ3) is 3.33. The molecule has 2 amide bonds. The second-order valence-corrected chi connectivity index (χ2v) is 4.75. The van der Waals surface area contributed by atoms with Crippen molar-refractivity contribution in [2.75, 3.05) is 27.2 Å². The summed E-state index contributed by atoms with van der Waals surface area (Å²) < 4.78 is 4.53. The molecular weight excluding hydrogens is 222 g/mol. The average Bonchev–Trinajstić information content (AvgIpc) is 2.76. The summed E-state index contributed by atoms with van der Waals surface area (Å²) in [6.07, 6.45) is 0.317. The van der Waals surface area contributed by atoms with Gasteiger partial charge in [-0.25, -0.2) is 4.79 Å². The summed E-state index contributed by atoms with van der Waals surface area (Å²) >= 11 is 0. The summed E-state index contributed by atoms with van der Waals surface area (Å²) in [7, 11) is 3.09. The van der Waals surface area contributed by atoms with E-state index in [1.807, 2.05) is 13.8 Å². The van der Waals surface area contributed by atoms with Crippen LogP contribution in [-0.2, 0) is 9.53 Å². The molecule has 1 aliphatic heterocycles. The molecule has 1 atom stereocenters. The molecule has 2 N–H and O–H groups in total. The number of rotatable bonds is 3. The predicted molar refractivity (Wildman–Crippen MR) is 63.7 cm³/mol. The van der Waals surface area contributed by atoms with E-state index in [0.717, 1.165) is 6.42 Å². The van der Waals surface area contributed by atoms with Gasteiger partial charge in [-0.1, -0.05) is 0 Å². The van der Waals surface area contributed by atoms with Crippen molar-refractivity contribution in [3.05, 3.63) is 0 Å². The van der Waals surface area contributed by atoms with Gasteiger partial charge in [0, 0.05) is 13.1 Å². The maximum absolute atomic E-state index is 12.1. The molecule has 1 saturated heterocycles. The van der Waals surface area contributed by atoms with Crippen molar-refractivity contribution in [3.8, 4) is 0 Å². The molecule has 0 radical (unpaired) electrons. The van der Waals surface area contributed by atoms with Gasteiger partial charge in [0.15, 0.2) is 0 Å². The Labute approximate surface area is 102 Å². The molecule has 1 rings (SSSR count). The van der Waals surface area contributed by atoms with E-state index in [2.05, 4.69) is 15.4 Å². The average molecular weight is 243 g/mol. The highest BCUT2D eigenvalue weighted by Gasteiger charge is 2.35. The van der Waals surface area contributed by atoms with Gasteiger partial charge in [-0.2, -0.15) is 0 Å². The smallest absolute Gasteiger partial charge is 0.407 e. The van der Waals surface area contributed by atoms with Gasteiger partial charge in [0.2, 0.25) is 5.91 Å². The minimum Gasteiger partial charge on any atom is -0.453 e. The maximum Gasteiger partial charge on any atom is 0.407 e. The van der Waals surface area contributed by atoms with E-state index in [9.17, 15) is 9.59 Å². The topological polar surface area (TPSA) is 70.7 Å². The lowest BCUT2D eigenvalue weighted by Crippen LogP contribution is -2.52. The van der Waals surface area contributed by atoms with Crippen LogP contribution in [0.25, 0.3) is 0 Å². The Morgan fingerprint density at radius 3 is 2.59 bits per heavy atom. The summed E-state index contributed by atoms with van der Waals surface area (Å²) in [4.78, 5) is 24.9. The third-order valence-electron chi connectivity index (χ3n) is 3.14. The molecular formula is C11H21N3O3. The van der Waals surface area contributed by atoms with Crippen molar-refractivity contribution < 1.29 is 14.3 Å². The number of carbonyl (C=O) groups excluding carboxylic acids is 2. The zero-order chi connectivity index (χ0) is 13.1. The van der Waals surface area contributed by atoms with E-state index in [1.54, 1.807) is 11.9 Å². The number of nitrogens with one attached hydrogen (secondary N) is 2. The summed E-state index contributed by atoms with van der Waals surface area (Å²) in [5.41, 5.74) is -0.569. The lowest BCUT2D eigenvalue weighted by Gasteiger charge is -2.28. The number of methoxy groups -OCH3 is 1. The fraction of sp³-hybridized carbons (Fsp3) is 0.818. The van der Waals surface area contributed by atoms with Crippen LogP contribution in [0.1, 0.15) is 20.3 Å². The minimum absolute atomic E-state index is 0.0148. The number of carbonyl (C=O) groups is 2. The van der Waals surface area contributed by atoms with Gasteiger partial charge >= 0.3 is 6.09 Å². The van der Waals surface area contributed by atoms with Gasteiger partial charge in [0.05, 0.1) is 18.7 Å². The van der Waals surface area contributed by atoms with Gasteiger partial charge in [0.25, 0.3) is 0 Å². The maximum atomic E-state index is 12.1. The van der Waals surface area contributed by atoms with Crippen LogP contribution in [0.15, 0.2) is 0 Å². The molecule has 1 heterocycles. The number of hydrogen-bond donors (Lipinski definition) is 2. The summed E-state index contributed by atoms with van der Waals surface area (Å²) in [6, 6.07) is -0.0148. The quantitative estimate of drug-likeness (QED) is 0.728. The third-order valence-corrected chi connectivity index (χ3v) is 3.14. The number of alkyl carbamates (subject to hydrolysis) is 1. The van der Waals surface area contributed by atoms with Crippen molar-refractivity contribution in [1.82, 2.24) is 15.5 Å². The molecule has 1 aliphatic rings. The Hall–Kier alpha value is -1.30. The molecule has 0 bridgehead atoms. The Morgan fingerprint density at radius 1 is 1.41 bits per heavy atom. The number of ether oxygens (including phenoxy) is 1. The van der Waals surface area contributed by atoms with E-state index >= 15 is 0 Å². The fourth-order valence-electron chi connectivity index (χ4n) is 1.79. The molecule has 6 heteroatoms. The zero-order valence-electron chi connectivity index (χ0n) is 10.9. The Bertz CT molecular complexity index is 304. The SMILES string of the molecule is CNC(C)(C)C(=O)N1CCC(NC(=O)OC)C1. The zero-order valence-corrected chi connectivity index (χ0v) is 10.9. The highest BCUT2D eigenvalue weighted by atomic mass is 16.5. The number of likely N-dealkylation sites (N-methyl/N-ethyl adjacent to an activating group) is 1. The van der Waals surface area contributed by atoms with Gasteiger partial charge in [-0.05, 0) is 27.3 Å². The van der Waals surface area contributed by atoms with E-state index in [4.69, 9.17) is 0 Å². The first-order chi connectivity index (χ1) is 7.90. The Kier molecular flexibility index (Phi) is 4.34. The first-order valence-corrected chi connectivity index (χ1v) is 5.73. The highest BCUT2D eigenvalue weighted by molar-refractivity contribution is 5.85. The van der Waals surface area contributed by atoms with Crippen LogP contribution in [0.3, 0.4) is 0 Å². The van der Waals surface area contributed by atoms with Crippen molar-refractivity contribution in [3.63, 3.8) is 0 Å². The molecule has 0 aromatic heterocycles. The van der Waals surface area contributed by atoms with Crippen molar-refractivity contribution in [2.45, 2.75) is 31.8 Å². The van der Waals surface area contributed by atoms with Crippen LogP contribution in [0.4, 0.5) is 4.79 Å². The first kappa shape index (κ1) is 13.8. The van der Waals surface area contributed by atoms with Crippen LogP contribution in [0.5, 0.6) is 0 Å². The highest BCUT2D eigenvalue weighted by Crippen LogP contribution is 2.15. The molecule has 0 saturated carbocycles. The molecule has 1 unspecified atom stereocenters. The number of hydrogen-bond acceptors (Lipinski definition) is 4. The molecule has 98 valence electrons. The van der Waals surface area contributed by atoms with E-state index in [-0.39, 0.29) is 11.9 Å². The second kappa shape index (κ2) is 5.35. The Morgan fingerprint density at radius 2 is 2.06 bits per heavy atom. The number of likely N-dealkylation sites (tertiary alicyclic amines) is 1. The van der Waals surface area contributed by atoms with E-state index in [1.165, 1.54) is 7.11 Å². The molecule has 0 aromatic rings. The van der Waals surface area contributed by atoms with Crippen LogP contribution in [0.2, 0.25) is 0 Å². The summed E-state index contributed by atoms with van der Waals surface area (Å²) in [6.45, 7) is 4.89. The van der Waals surface area contributed by atoms with E-state index < -0.39 is 11.6 Å². The van der Waals surface area contributed by atoms with Crippen LogP contribution >= 0.6 is 0 Å². The second-order valence-electron chi connectivity index (χ2n) is 4.75.